The van der Waals surface area contributed by atoms with Crippen LogP contribution in [0.3, 0.4) is 0 Å². The van der Waals surface area contributed by atoms with E-state index in [0.717, 1.165) is 6.67 Å². The second kappa shape index (κ2) is 8.71. The summed E-state index contributed by atoms with van der Waals surface area (Å²) in [6.45, 7) is 4.50. The molecule has 2 rings (SSSR count). The van der Waals surface area contributed by atoms with E-state index in [9.17, 15) is 9.59 Å². The van der Waals surface area contributed by atoms with E-state index in [1.165, 1.54) is 43.7 Å². The third-order valence-electron chi connectivity index (χ3n) is 3.11. The maximum atomic E-state index is 10.3. The van der Waals surface area contributed by atoms with Crippen molar-refractivity contribution in [2.45, 2.75) is 19.8 Å². The molecule has 6 heteroatoms. The molecule has 0 unspecified atom stereocenters. The third kappa shape index (κ3) is 5.87. The zero-order valence-electron chi connectivity index (χ0n) is 12.9. The van der Waals surface area contributed by atoms with Gasteiger partial charge in [-0.05, 0) is 30.7 Å². The highest BCUT2D eigenvalue weighted by molar-refractivity contribution is 5.91. The van der Waals surface area contributed by atoms with Crippen LogP contribution >= 0.6 is 0 Å². The van der Waals surface area contributed by atoms with E-state index in [0.29, 0.717) is 0 Å². The first-order valence-electron chi connectivity index (χ1n) is 7.13. The number of benzene rings is 1. The van der Waals surface area contributed by atoms with Gasteiger partial charge in [-0.1, -0.05) is 13.3 Å². The number of carboxylic acid groups (broad SMARTS) is 2. The highest BCUT2D eigenvalue weighted by atomic mass is 16.4. The van der Waals surface area contributed by atoms with E-state index in [4.69, 9.17) is 10.2 Å². The summed E-state index contributed by atoms with van der Waals surface area (Å²) in [4.78, 5) is 25.2. The fourth-order valence-electron chi connectivity index (χ4n) is 1.85. The molecule has 0 amide bonds. The Balaban J connectivity index is 0.000000224. The minimum absolute atomic E-state index is 0.0833. The van der Waals surface area contributed by atoms with Crippen LogP contribution in [0.2, 0.25) is 0 Å². The van der Waals surface area contributed by atoms with Gasteiger partial charge in [0.15, 0.2) is 0 Å². The van der Waals surface area contributed by atoms with Gasteiger partial charge in [-0.3, -0.25) is 0 Å². The summed E-state index contributed by atoms with van der Waals surface area (Å²) in [5.41, 5.74) is 0.167. The van der Waals surface area contributed by atoms with Gasteiger partial charge in [0.1, 0.15) is 0 Å². The van der Waals surface area contributed by atoms with Gasteiger partial charge in [-0.15, -0.1) is 0 Å². The Morgan fingerprint density at radius 2 is 1.55 bits per heavy atom. The van der Waals surface area contributed by atoms with Gasteiger partial charge in [0.25, 0.3) is 0 Å². The molecule has 0 atom stereocenters. The highest BCUT2D eigenvalue weighted by Crippen LogP contribution is 2.05. The molecule has 1 heterocycles. The zero-order chi connectivity index (χ0) is 16.5. The lowest BCUT2D eigenvalue weighted by Gasteiger charge is -2.17. The Hall–Kier alpha value is -2.50. The fraction of sp³-hybridized carbons (Fsp3) is 0.375. The van der Waals surface area contributed by atoms with Gasteiger partial charge in [-0.2, -0.15) is 0 Å². The molecule has 1 aliphatic heterocycles. The number of rotatable bonds is 5. The van der Waals surface area contributed by atoms with Crippen molar-refractivity contribution in [2.24, 2.45) is 0 Å². The molecule has 1 aromatic rings. The molecule has 0 aliphatic carbocycles. The number of unbranched alkanes of at least 4 members (excludes halogenated alkanes) is 1. The summed E-state index contributed by atoms with van der Waals surface area (Å²) in [7, 11) is 2.10. The van der Waals surface area contributed by atoms with Crippen molar-refractivity contribution in [1.29, 1.82) is 0 Å². The van der Waals surface area contributed by atoms with E-state index >= 15 is 0 Å². The SMILES string of the molecule is CCCCN1C=CN(C)C1.O=C(O)c1ccc(C(=O)O)cc1. The monoisotopic (exact) mass is 306 g/mol. The van der Waals surface area contributed by atoms with Gasteiger partial charge in [0.05, 0.1) is 17.8 Å². The predicted molar refractivity (Wildman–Crippen MR) is 83.7 cm³/mol. The fourth-order valence-corrected chi connectivity index (χ4v) is 1.85. The van der Waals surface area contributed by atoms with Gasteiger partial charge < -0.3 is 20.0 Å². The summed E-state index contributed by atoms with van der Waals surface area (Å²) < 4.78 is 0. The van der Waals surface area contributed by atoms with Crippen LogP contribution in [0.1, 0.15) is 40.5 Å². The van der Waals surface area contributed by atoms with Crippen molar-refractivity contribution in [3.63, 3.8) is 0 Å². The highest BCUT2D eigenvalue weighted by Gasteiger charge is 2.06. The average molecular weight is 306 g/mol. The molecule has 1 aliphatic rings. The average Bonchev–Trinajstić information content (AvgIpc) is 2.91. The van der Waals surface area contributed by atoms with E-state index in [2.05, 4.69) is 36.2 Å². The summed E-state index contributed by atoms with van der Waals surface area (Å²) in [6.07, 6.45) is 6.87. The van der Waals surface area contributed by atoms with E-state index in [1.54, 1.807) is 0 Å². The number of hydrogen-bond donors (Lipinski definition) is 2. The summed E-state index contributed by atoms with van der Waals surface area (Å²) in [5, 5.41) is 16.9. The number of carbonyl (C=O) groups is 2. The molecule has 1 aromatic carbocycles. The first-order valence-corrected chi connectivity index (χ1v) is 7.13. The molecule has 120 valence electrons. The summed E-state index contributed by atoms with van der Waals surface area (Å²) in [5.74, 6) is -2.13. The van der Waals surface area contributed by atoms with Crippen LogP contribution in [0, 0.1) is 0 Å². The summed E-state index contributed by atoms with van der Waals surface area (Å²) in [6, 6.07) is 5.02. The molecule has 0 fully saturated rings. The second-order valence-corrected chi connectivity index (χ2v) is 5.05. The van der Waals surface area contributed by atoms with Crippen LogP contribution in [0.15, 0.2) is 36.7 Å². The largest absolute Gasteiger partial charge is 0.478 e. The molecule has 0 aromatic heterocycles. The van der Waals surface area contributed by atoms with Crippen LogP contribution in [-0.4, -0.2) is 52.2 Å². The predicted octanol–water partition coefficient (Wildman–Crippen LogP) is 2.55. The van der Waals surface area contributed by atoms with Crippen molar-refractivity contribution in [2.75, 3.05) is 20.3 Å². The van der Waals surface area contributed by atoms with Crippen molar-refractivity contribution < 1.29 is 19.8 Å². The van der Waals surface area contributed by atoms with Gasteiger partial charge in [0.2, 0.25) is 0 Å². The smallest absolute Gasteiger partial charge is 0.335 e. The quantitative estimate of drug-likeness (QED) is 0.870. The lowest BCUT2D eigenvalue weighted by atomic mass is 10.1. The van der Waals surface area contributed by atoms with Crippen molar-refractivity contribution in [1.82, 2.24) is 9.80 Å². The molecule has 0 radical (unpaired) electrons. The summed E-state index contributed by atoms with van der Waals surface area (Å²) >= 11 is 0. The number of nitrogens with zero attached hydrogens (tertiary/aromatic N) is 2. The zero-order valence-corrected chi connectivity index (χ0v) is 12.9. The Bertz CT molecular complexity index is 492. The normalized spacial score (nSPS) is 12.8. The Labute approximate surface area is 130 Å². The minimum Gasteiger partial charge on any atom is -0.478 e. The first-order chi connectivity index (χ1) is 10.4. The Kier molecular flexibility index (Phi) is 6.95. The standard InChI is InChI=1S/C8H16N2.C8H6O4/c1-3-4-5-10-7-6-9(2)8-10;9-7(10)5-1-2-6(4-3-5)8(11)12/h6-7H,3-5,8H2,1-2H3;1-4H,(H,9,10)(H,11,12). The van der Waals surface area contributed by atoms with Gasteiger partial charge in [0, 0.05) is 26.0 Å². The molecule has 2 N–H and O–H groups in total. The van der Waals surface area contributed by atoms with Crippen LogP contribution in [0.5, 0.6) is 0 Å². The van der Waals surface area contributed by atoms with Crippen molar-refractivity contribution >= 4 is 11.9 Å². The van der Waals surface area contributed by atoms with Crippen LogP contribution < -0.4 is 0 Å². The Morgan fingerprint density at radius 1 is 1.05 bits per heavy atom. The van der Waals surface area contributed by atoms with Crippen molar-refractivity contribution in [3.8, 4) is 0 Å². The van der Waals surface area contributed by atoms with Crippen LogP contribution in [0.25, 0.3) is 0 Å². The third-order valence-corrected chi connectivity index (χ3v) is 3.11. The van der Waals surface area contributed by atoms with E-state index in [1.807, 2.05) is 0 Å². The number of aromatic carboxylic acids is 2. The van der Waals surface area contributed by atoms with Gasteiger partial charge >= 0.3 is 11.9 Å². The van der Waals surface area contributed by atoms with Crippen LogP contribution in [-0.2, 0) is 0 Å². The maximum absolute atomic E-state index is 10.3. The molecule has 0 saturated carbocycles. The minimum atomic E-state index is -1.06. The number of hydrogen-bond acceptors (Lipinski definition) is 4. The van der Waals surface area contributed by atoms with Crippen LogP contribution in [0.4, 0.5) is 0 Å². The molecule has 0 spiro atoms. The van der Waals surface area contributed by atoms with Crippen molar-refractivity contribution in [3.05, 3.63) is 47.8 Å². The molecule has 0 bridgehead atoms. The molecular formula is C16H22N2O4. The van der Waals surface area contributed by atoms with E-state index in [-0.39, 0.29) is 11.1 Å². The molecule has 6 nitrogen and oxygen atoms in total. The second-order valence-electron chi connectivity index (χ2n) is 5.05. The van der Waals surface area contributed by atoms with E-state index < -0.39 is 11.9 Å². The lowest BCUT2D eigenvalue weighted by Crippen LogP contribution is -2.23. The van der Waals surface area contributed by atoms with Gasteiger partial charge in [-0.25, -0.2) is 9.59 Å². The molecular weight excluding hydrogens is 284 g/mol. The molecule has 22 heavy (non-hydrogen) atoms. The Morgan fingerprint density at radius 3 is 1.86 bits per heavy atom. The lowest BCUT2D eigenvalue weighted by molar-refractivity contribution is 0.0681. The first kappa shape index (κ1) is 17.6. The topological polar surface area (TPSA) is 81.1 Å². The maximum Gasteiger partial charge on any atom is 0.335 e. The number of carboxylic acids is 2. The molecule has 0 saturated heterocycles.